The van der Waals surface area contributed by atoms with Gasteiger partial charge >= 0.3 is 0 Å². The molecule has 0 aromatic heterocycles. The smallest absolute Gasteiger partial charge is 0.258 e. The Kier molecular flexibility index (Phi) is 4.43. The normalized spacial score (nSPS) is 11.9. The number of nitro benzene ring substituents is 2. The molecule has 0 fully saturated rings. The number of hydrogen-bond acceptors (Lipinski definition) is 5. The number of nitrogens with zero attached hydrogens (tertiary/aromatic N) is 2. The summed E-state index contributed by atoms with van der Waals surface area (Å²) in [6.45, 7) is 0. The number of nitro groups is 2. The molecule has 0 aliphatic heterocycles. The number of non-ortho nitro benzene ring substituents is 1. The van der Waals surface area contributed by atoms with Gasteiger partial charge in [-0.2, -0.15) is 0 Å². The molecule has 0 heterocycles. The zero-order valence-electron chi connectivity index (χ0n) is 10.3. The first-order valence-corrected chi connectivity index (χ1v) is 7.44. The highest BCUT2D eigenvalue weighted by Gasteiger charge is 2.24. The molecule has 108 valence electrons. The van der Waals surface area contributed by atoms with Gasteiger partial charge in [-0.05, 0) is 30.3 Å². The third-order valence-corrected chi connectivity index (χ3v) is 4.55. The quantitative estimate of drug-likeness (QED) is 0.605. The van der Waals surface area contributed by atoms with Crippen molar-refractivity contribution >= 4 is 38.1 Å². The van der Waals surface area contributed by atoms with Crippen molar-refractivity contribution in [2.45, 2.75) is 9.79 Å². The lowest BCUT2D eigenvalue weighted by Gasteiger charge is -2.04. The molecule has 0 bridgehead atoms. The average molecular weight is 371 g/mol. The molecule has 21 heavy (non-hydrogen) atoms. The first-order valence-electron chi connectivity index (χ1n) is 5.50. The molecule has 0 aliphatic rings. The number of hydrogen-bond donors (Lipinski definition) is 0. The molecular weight excluding hydrogens is 364 g/mol. The van der Waals surface area contributed by atoms with Crippen molar-refractivity contribution in [3.05, 3.63) is 67.2 Å². The van der Waals surface area contributed by atoms with Gasteiger partial charge in [0.2, 0.25) is 0 Å². The lowest BCUT2D eigenvalue weighted by atomic mass is 10.3. The van der Waals surface area contributed by atoms with E-state index in [9.17, 15) is 24.4 Å². The molecule has 0 spiro atoms. The molecule has 9 heteroatoms. The van der Waals surface area contributed by atoms with Crippen molar-refractivity contribution in [3.63, 3.8) is 0 Å². The fraction of sp³-hybridized carbons (Fsp3) is 0. The standard InChI is InChI=1S/C12H7BrN2O5S/c13-8-1-4-10(5-2-8)21(20)12-6-3-9(14(16)17)7-11(12)15(18)19/h1-7H. The van der Waals surface area contributed by atoms with Crippen LogP contribution in [0, 0.1) is 20.2 Å². The van der Waals surface area contributed by atoms with Crippen LogP contribution in [0.3, 0.4) is 0 Å². The van der Waals surface area contributed by atoms with Crippen LogP contribution in [-0.2, 0) is 10.8 Å². The molecule has 0 saturated heterocycles. The van der Waals surface area contributed by atoms with E-state index in [1.165, 1.54) is 0 Å². The van der Waals surface area contributed by atoms with Crippen LogP contribution in [0.15, 0.2) is 56.7 Å². The van der Waals surface area contributed by atoms with Crippen molar-refractivity contribution in [2.75, 3.05) is 0 Å². The first kappa shape index (κ1) is 15.3. The summed E-state index contributed by atoms with van der Waals surface area (Å²) in [6, 6.07) is 9.49. The zero-order chi connectivity index (χ0) is 15.6. The van der Waals surface area contributed by atoms with E-state index in [1.54, 1.807) is 24.3 Å². The summed E-state index contributed by atoms with van der Waals surface area (Å²) in [5, 5.41) is 21.7. The number of rotatable bonds is 4. The Balaban J connectivity index is 2.52. The second kappa shape index (κ2) is 6.10. The van der Waals surface area contributed by atoms with Crippen LogP contribution in [0.2, 0.25) is 0 Å². The Morgan fingerprint density at radius 3 is 2.10 bits per heavy atom. The van der Waals surface area contributed by atoms with Crippen LogP contribution in [0.5, 0.6) is 0 Å². The van der Waals surface area contributed by atoms with Gasteiger partial charge in [0.1, 0.15) is 4.90 Å². The highest BCUT2D eigenvalue weighted by atomic mass is 79.9. The maximum atomic E-state index is 12.4. The zero-order valence-corrected chi connectivity index (χ0v) is 12.7. The second-order valence-electron chi connectivity index (χ2n) is 3.89. The van der Waals surface area contributed by atoms with Gasteiger partial charge in [-0.15, -0.1) is 0 Å². The molecular formula is C12H7BrN2O5S. The van der Waals surface area contributed by atoms with Crippen molar-refractivity contribution in [2.24, 2.45) is 0 Å². The van der Waals surface area contributed by atoms with Gasteiger partial charge in [-0.1, -0.05) is 15.9 Å². The molecule has 0 radical (unpaired) electrons. The van der Waals surface area contributed by atoms with E-state index in [1.807, 2.05) is 0 Å². The summed E-state index contributed by atoms with van der Waals surface area (Å²) in [7, 11) is -1.79. The Bertz CT molecular complexity index is 748. The van der Waals surface area contributed by atoms with Crippen LogP contribution in [0.1, 0.15) is 0 Å². The van der Waals surface area contributed by atoms with Crippen LogP contribution in [0.25, 0.3) is 0 Å². The van der Waals surface area contributed by atoms with E-state index in [2.05, 4.69) is 15.9 Å². The minimum Gasteiger partial charge on any atom is -0.258 e. The fourth-order valence-electron chi connectivity index (χ4n) is 1.60. The predicted octanol–water partition coefficient (Wildman–Crippen LogP) is 3.43. The predicted molar refractivity (Wildman–Crippen MR) is 78.6 cm³/mol. The number of benzene rings is 2. The minimum atomic E-state index is -1.79. The Labute approximate surface area is 129 Å². The summed E-state index contributed by atoms with van der Waals surface area (Å²) in [5.74, 6) is 0. The molecule has 2 aromatic rings. The van der Waals surface area contributed by atoms with Gasteiger partial charge in [0.25, 0.3) is 11.4 Å². The maximum Gasteiger partial charge on any atom is 0.292 e. The van der Waals surface area contributed by atoms with Crippen LogP contribution < -0.4 is 0 Å². The summed E-state index contributed by atoms with van der Waals surface area (Å²) in [4.78, 5) is 20.5. The van der Waals surface area contributed by atoms with Crippen molar-refractivity contribution in [1.82, 2.24) is 0 Å². The van der Waals surface area contributed by atoms with Gasteiger partial charge in [-0.3, -0.25) is 20.2 Å². The minimum absolute atomic E-state index is 0.0760. The van der Waals surface area contributed by atoms with E-state index in [0.29, 0.717) is 4.90 Å². The SMILES string of the molecule is O=[N+]([O-])c1ccc(S(=O)c2ccc(Br)cc2)c([N+](=O)[O-])c1. The van der Waals surface area contributed by atoms with E-state index in [4.69, 9.17) is 0 Å². The highest BCUT2D eigenvalue weighted by Crippen LogP contribution is 2.30. The molecule has 1 unspecified atom stereocenters. The first-order chi connectivity index (χ1) is 9.90. The second-order valence-corrected chi connectivity index (χ2v) is 6.25. The molecule has 0 amide bonds. The van der Waals surface area contributed by atoms with Gasteiger partial charge in [0, 0.05) is 15.4 Å². The highest BCUT2D eigenvalue weighted by molar-refractivity contribution is 9.10. The summed E-state index contributed by atoms with van der Waals surface area (Å²) < 4.78 is 13.2. The monoisotopic (exact) mass is 370 g/mol. The van der Waals surface area contributed by atoms with E-state index in [-0.39, 0.29) is 4.90 Å². The van der Waals surface area contributed by atoms with Crippen molar-refractivity contribution < 1.29 is 14.1 Å². The fourth-order valence-corrected chi connectivity index (χ4v) is 3.02. The molecule has 2 rings (SSSR count). The van der Waals surface area contributed by atoms with Gasteiger partial charge in [-0.25, -0.2) is 4.21 Å². The molecule has 2 aromatic carbocycles. The third kappa shape index (κ3) is 3.31. The third-order valence-electron chi connectivity index (χ3n) is 2.58. The van der Waals surface area contributed by atoms with Gasteiger partial charge in [0.05, 0.1) is 26.7 Å². The van der Waals surface area contributed by atoms with Crippen LogP contribution in [-0.4, -0.2) is 14.1 Å². The molecule has 0 aliphatic carbocycles. The van der Waals surface area contributed by atoms with E-state index >= 15 is 0 Å². The van der Waals surface area contributed by atoms with E-state index in [0.717, 1.165) is 22.7 Å². The Hall–Kier alpha value is -2.13. The van der Waals surface area contributed by atoms with Gasteiger partial charge in [0.15, 0.2) is 0 Å². The lowest BCUT2D eigenvalue weighted by Crippen LogP contribution is -2.00. The molecule has 0 saturated carbocycles. The summed E-state index contributed by atoms with van der Waals surface area (Å²) in [6.07, 6.45) is 0. The molecule has 7 nitrogen and oxygen atoms in total. The van der Waals surface area contributed by atoms with Crippen molar-refractivity contribution in [1.29, 1.82) is 0 Å². The van der Waals surface area contributed by atoms with Crippen LogP contribution >= 0.6 is 15.9 Å². The molecule has 0 N–H and O–H groups in total. The Morgan fingerprint density at radius 2 is 1.57 bits per heavy atom. The lowest BCUT2D eigenvalue weighted by molar-refractivity contribution is -0.396. The summed E-state index contributed by atoms with van der Waals surface area (Å²) >= 11 is 3.23. The summed E-state index contributed by atoms with van der Waals surface area (Å²) in [5.41, 5.74) is -0.955. The molecule has 1 atom stereocenters. The maximum absolute atomic E-state index is 12.4. The Morgan fingerprint density at radius 1 is 0.952 bits per heavy atom. The topological polar surface area (TPSA) is 103 Å². The van der Waals surface area contributed by atoms with Gasteiger partial charge < -0.3 is 0 Å². The van der Waals surface area contributed by atoms with E-state index < -0.39 is 32.0 Å². The largest absolute Gasteiger partial charge is 0.292 e. The van der Waals surface area contributed by atoms with Crippen molar-refractivity contribution in [3.8, 4) is 0 Å². The number of halogens is 1. The van der Waals surface area contributed by atoms with Crippen LogP contribution in [0.4, 0.5) is 11.4 Å². The average Bonchev–Trinajstić information content (AvgIpc) is 2.46.